The molecule has 0 N–H and O–H groups in total. The third kappa shape index (κ3) is 4.38. The number of fused-ring (bicyclic) bond motifs is 4. The highest BCUT2D eigenvalue weighted by molar-refractivity contribution is 7.13. The third-order valence-corrected chi connectivity index (χ3v) is 8.10. The van der Waals surface area contributed by atoms with Crippen LogP contribution in [0.4, 0.5) is 0 Å². The van der Waals surface area contributed by atoms with Crippen LogP contribution in [0.1, 0.15) is 51.3 Å². The highest BCUT2D eigenvalue weighted by Gasteiger charge is 2.25. The molecule has 1 aromatic carbocycles. The lowest BCUT2D eigenvalue weighted by Gasteiger charge is -2.30. The van der Waals surface area contributed by atoms with E-state index in [9.17, 15) is 0 Å². The predicted octanol–water partition coefficient (Wildman–Crippen LogP) is 6.74. The largest absolute Gasteiger partial charge is 0.488 e. The Labute approximate surface area is 198 Å². The summed E-state index contributed by atoms with van der Waals surface area (Å²) in [6.07, 6.45) is 14.4. The summed E-state index contributed by atoms with van der Waals surface area (Å²) in [7, 11) is 0. The van der Waals surface area contributed by atoms with Crippen molar-refractivity contribution in [1.29, 1.82) is 0 Å². The number of allylic oxidation sites excluding steroid dienone is 4. The van der Waals surface area contributed by atoms with Crippen molar-refractivity contribution in [3.05, 3.63) is 52.9 Å². The van der Waals surface area contributed by atoms with Gasteiger partial charge < -0.3 is 13.9 Å². The average molecular weight is 463 g/mol. The molecular formula is C27H30N2O3S. The summed E-state index contributed by atoms with van der Waals surface area (Å²) >= 11 is 1.62. The van der Waals surface area contributed by atoms with Gasteiger partial charge in [-0.05, 0) is 56.6 Å². The fraction of sp³-hybridized carbons (Fsp3) is 0.481. The van der Waals surface area contributed by atoms with E-state index in [1.807, 2.05) is 17.6 Å². The van der Waals surface area contributed by atoms with Crippen LogP contribution in [0.5, 0.6) is 5.75 Å². The summed E-state index contributed by atoms with van der Waals surface area (Å²) in [5.41, 5.74) is 5.61. The number of aromatic nitrogens is 2. The Hall–Kier alpha value is -2.44. The molecule has 2 atom stereocenters. The number of nitrogens with zero attached hydrogens (tertiary/aromatic N) is 2. The first-order valence-corrected chi connectivity index (χ1v) is 13.0. The lowest BCUT2D eigenvalue weighted by molar-refractivity contribution is 0.0261. The first-order valence-electron chi connectivity index (χ1n) is 12.2. The van der Waals surface area contributed by atoms with E-state index in [1.165, 1.54) is 18.4 Å². The Kier molecular flexibility index (Phi) is 5.80. The number of hydrogen-bond acceptors (Lipinski definition) is 6. The molecule has 2 aromatic heterocycles. The highest BCUT2D eigenvalue weighted by atomic mass is 32.1. The van der Waals surface area contributed by atoms with Crippen molar-refractivity contribution in [2.75, 3.05) is 13.2 Å². The molecule has 2 unspecified atom stereocenters. The van der Waals surface area contributed by atoms with Crippen molar-refractivity contribution in [3.63, 3.8) is 0 Å². The molecule has 2 bridgehead atoms. The minimum atomic E-state index is 0.159. The summed E-state index contributed by atoms with van der Waals surface area (Å²) in [6.45, 7) is 3.80. The van der Waals surface area contributed by atoms with Gasteiger partial charge in [0.05, 0.1) is 18.8 Å². The molecule has 5 nitrogen and oxygen atoms in total. The standard InChI is InChI=1S/C27H30N2O3S/c1-17-14-18-2-4-20(17)5-3-19(15-18)16-24-29-25-23(31-21-8-11-30-12-9-21)7-6-22(26(25)32-24)27-28-10-13-33-27/h3,6-7,10,13-14,18,20-21H,2,4-5,8-9,11-12,15-16H2,1H3/b19-3+. The van der Waals surface area contributed by atoms with Crippen LogP contribution in [-0.2, 0) is 11.2 Å². The van der Waals surface area contributed by atoms with E-state index in [-0.39, 0.29) is 6.10 Å². The molecule has 172 valence electrons. The molecule has 4 aliphatic rings. The minimum absolute atomic E-state index is 0.159. The summed E-state index contributed by atoms with van der Waals surface area (Å²) in [5.74, 6) is 2.93. The molecule has 33 heavy (non-hydrogen) atoms. The average Bonchev–Trinajstić information content (AvgIpc) is 3.48. The zero-order valence-corrected chi connectivity index (χ0v) is 19.9. The van der Waals surface area contributed by atoms with Crippen LogP contribution in [0.2, 0.25) is 0 Å². The Bertz CT molecular complexity index is 1190. The molecule has 0 spiro atoms. The van der Waals surface area contributed by atoms with Crippen molar-refractivity contribution in [3.8, 4) is 16.3 Å². The number of hydrogen-bond donors (Lipinski definition) is 0. The van der Waals surface area contributed by atoms with Gasteiger partial charge in [-0.1, -0.05) is 23.3 Å². The molecule has 7 rings (SSSR count). The van der Waals surface area contributed by atoms with E-state index in [0.29, 0.717) is 11.8 Å². The van der Waals surface area contributed by atoms with Crippen LogP contribution < -0.4 is 4.74 Å². The van der Waals surface area contributed by atoms with E-state index in [0.717, 1.165) is 78.6 Å². The first kappa shape index (κ1) is 21.1. The van der Waals surface area contributed by atoms with Crippen molar-refractivity contribution < 1.29 is 13.9 Å². The van der Waals surface area contributed by atoms with E-state index in [2.05, 4.69) is 30.1 Å². The van der Waals surface area contributed by atoms with Crippen LogP contribution in [0.3, 0.4) is 0 Å². The van der Waals surface area contributed by atoms with Gasteiger partial charge in [-0.2, -0.15) is 0 Å². The minimum Gasteiger partial charge on any atom is -0.488 e. The summed E-state index contributed by atoms with van der Waals surface area (Å²) in [6, 6.07) is 4.09. The normalized spacial score (nSPS) is 25.4. The topological polar surface area (TPSA) is 57.4 Å². The lowest BCUT2D eigenvalue weighted by atomic mass is 9.76. The van der Waals surface area contributed by atoms with Crippen LogP contribution in [-0.4, -0.2) is 29.3 Å². The molecule has 0 saturated carbocycles. The Morgan fingerprint density at radius 3 is 2.88 bits per heavy atom. The molecule has 1 aliphatic heterocycles. The van der Waals surface area contributed by atoms with Crippen LogP contribution >= 0.6 is 11.3 Å². The molecule has 1 fully saturated rings. The van der Waals surface area contributed by atoms with Crippen molar-refractivity contribution in [2.24, 2.45) is 11.8 Å². The summed E-state index contributed by atoms with van der Waals surface area (Å²) in [5, 5.41) is 2.94. The van der Waals surface area contributed by atoms with Gasteiger partial charge in [-0.15, -0.1) is 11.3 Å². The zero-order chi connectivity index (χ0) is 22.2. The number of benzene rings is 1. The van der Waals surface area contributed by atoms with Gasteiger partial charge in [0.2, 0.25) is 0 Å². The second kappa shape index (κ2) is 9.07. The maximum atomic E-state index is 6.42. The van der Waals surface area contributed by atoms with Gasteiger partial charge in [-0.25, -0.2) is 9.97 Å². The monoisotopic (exact) mass is 462 g/mol. The van der Waals surface area contributed by atoms with E-state index >= 15 is 0 Å². The predicted molar refractivity (Wildman–Crippen MR) is 131 cm³/mol. The number of ether oxygens (including phenoxy) is 2. The third-order valence-electron chi connectivity index (χ3n) is 7.30. The maximum Gasteiger partial charge on any atom is 0.199 e. The van der Waals surface area contributed by atoms with Gasteiger partial charge in [0.25, 0.3) is 0 Å². The molecule has 0 radical (unpaired) electrons. The van der Waals surface area contributed by atoms with Crippen LogP contribution in [0, 0.1) is 11.8 Å². The second-order valence-corrected chi connectivity index (χ2v) is 10.5. The van der Waals surface area contributed by atoms with Crippen LogP contribution in [0.25, 0.3) is 21.7 Å². The van der Waals surface area contributed by atoms with Crippen molar-refractivity contribution in [2.45, 2.75) is 58.0 Å². The Balaban J connectivity index is 1.33. The quantitative estimate of drug-likeness (QED) is 0.393. The molecule has 3 aliphatic carbocycles. The fourth-order valence-electron chi connectivity index (χ4n) is 5.46. The Morgan fingerprint density at radius 2 is 2.06 bits per heavy atom. The molecule has 3 aromatic rings. The fourth-order valence-corrected chi connectivity index (χ4v) is 6.12. The number of thiazole rings is 1. The van der Waals surface area contributed by atoms with E-state index in [4.69, 9.17) is 18.9 Å². The number of rotatable bonds is 5. The number of oxazole rings is 1. The molecule has 1 saturated heterocycles. The van der Waals surface area contributed by atoms with Gasteiger partial charge in [0, 0.05) is 30.8 Å². The van der Waals surface area contributed by atoms with Crippen LogP contribution in [0.15, 0.2) is 51.4 Å². The maximum absolute atomic E-state index is 6.42. The molecule has 3 heterocycles. The van der Waals surface area contributed by atoms with Gasteiger partial charge in [-0.3, -0.25) is 0 Å². The van der Waals surface area contributed by atoms with Gasteiger partial charge in [0.15, 0.2) is 17.0 Å². The highest BCUT2D eigenvalue weighted by Crippen LogP contribution is 2.39. The second-order valence-electron chi connectivity index (χ2n) is 9.59. The molecular weight excluding hydrogens is 432 g/mol. The molecule has 0 amide bonds. The summed E-state index contributed by atoms with van der Waals surface area (Å²) in [4.78, 5) is 9.49. The lowest BCUT2D eigenvalue weighted by Crippen LogP contribution is -2.25. The zero-order valence-electron chi connectivity index (χ0n) is 19.1. The van der Waals surface area contributed by atoms with Crippen molar-refractivity contribution >= 4 is 22.4 Å². The SMILES string of the molecule is CC1=CC2CCC1C/C=C(/Cc1nc3c(OC4CCOCC4)ccc(-c4nccs4)c3o1)C2. The van der Waals surface area contributed by atoms with Gasteiger partial charge >= 0.3 is 0 Å². The van der Waals surface area contributed by atoms with E-state index in [1.54, 1.807) is 16.9 Å². The molecule has 6 heteroatoms. The van der Waals surface area contributed by atoms with Gasteiger partial charge in [0.1, 0.15) is 16.9 Å². The van der Waals surface area contributed by atoms with E-state index < -0.39 is 0 Å². The summed E-state index contributed by atoms with van der Waals surface area (Å²) < 4.78 is 18.3. The first-order chi connectivity index (χ1) is 16.2. The smallest absolute Gasteiger partial charge is 0.199 e. The Morgan fingerprint density at radius 1 is 1.15 bits per heavy atom. The van der Waals surface area contributed by atoms with Crippen molar-refractivity contribution in [1.82, 2.24) is 9.97 Å².